The lowest BCUT2D eigenvalue weighted by molar-refractivity contribution is -0.118. The molecular formula is C11H16N2O4. The molecule has 0 aromatic carbocycles. The number of primary amides is 1. The number of furan rings is 1. The molecule has 0 saturated carbocycles. The van der Waals surface area contributed by atoms with Crippen LogP contribution in [0.2, 0.25) is 0 Å². The number of hydrogen-bond acceptors (Lipinski definition) is 5. The molecule has 6 nitrogen and oxygen atoms in total. The maximum Gasteiger partial charge on any atom is 0.373 e. The summed E-state index contributed by atoms with van der Waals surface area (Å²) < 4.78 is 9.75. The van der Waals surface area contributed by atoms with Crippen molar-refractivity contribution in [3.63, 3.8) is 0 Å². The maximum atomic E-state index is 11.1. The number of amides is 1. The minimum atomic E-state index is -0.513. The molecule has 0 saturated heterocycles. The Morgan fingerprint density at radius 1 is 1.53 bits per heavy atom. The van der Waals surface area contributed by atoms with Crippen LogP contribution in [-0.4, -0.2) is 25.0 Å². The van der Waals surface area contributed by atoms with E-state index in [2.05, 4.69) is 10.1 Å². The molecule has 17 heavy (non-hydrogen) atoms. The van der Waals surface area contributed by atoms with Crippen molar-refractivity contribution >= 4 is 11.9 Å². The number of carbonyl (C=O) groups excluding carboxylic acids is 2. The van der Waals surface area contributed by atoms with Gasteiger partial charge in [-0.25, -0.2) is 4.79 Å². The fourth-order valence-electron chi connectivity index (χ4n) is 1.33. The van der Waals surface area contributed by atoms with Crippen LogP contribution in [0.1, 0.15) is 29.7 Å². The first kappa shape index (κ1) is 13.2. The zero-order valence-corrected chi connectivity index (χ0v) is 9.86. The van der Waals surface area contributed by atoms with Gasteiger partial charge in [0.15, 0.2) is 0 Å². The zero-order valence-electron chi connectivity index (χ0n) is 9.86. The summed E-state index contributed by atoms with van der Waals surface area (Å²) in [5, 5.41) is 3.05. The third kappa shape index (κ3) is 4.28. The van der Waals surface area contributed by atoms with Gasteiger partial charge >= 0.3 is 5.97 Å². The first-order chi connectivity index (χ1) is 8.02. The first-order valence-corrected chi connectivity index (χ1v) is 5.21. The lowest BCUT2D eigenvalue weighted by Crippen LogP contribution is -2.30. The Morgan fingerprint density at radius 3 is 2.82 bits per heavy atom. The van der Waals surface area contributed by atoms with Crippen LogP contribution >= 0.6 is 0 Å². The number of nitrogens with one attached hydrogen (secondary N) is 1. The molecular weight excluding hydrogens is 224 g/mol. The highest BCUT2D eigenvalue weighted by atomic mass is 16.5. The van der Waals surface area contributed by atoms with Crippen molar-refractivity contribution in [3.8, 4) is 0 Å². The molecule has 0 bridgehead atoms. The summed E-state index contributed by atoms with van der Waals surface area (Å²) in [4.78, 5) is 21.8. The van der Waals surface area contributed by atoms with Crippen LogP contribution < -0.4 is 11.1 Å². The minimum Gasteiger partial charge on any atom is -0.463 e. The van der Waals surface area contributed by atoms with E-state index in [1.807, 2.05) is 6.92 Å². The van der Waals surface area contributed by atoms with Crippen LogP contribution in [0.15, 0.2) is 16.5 Å². The van der Waals surface area contributed by atoms with Crippen molar-refractivity contribution in [2.24, 2.45) is 5.73 Å². The Hall–Kier alpha value is -1.82. The van der Waals surface area contributed by atoms with E-state index in [0.717, 1.165) is 0 Å². The van der Waals surface area contributed by atoms with Gasteiger partial charge in [0, 0.05) is 12.5 Å². The van der Waals surface area contributed by atoms with Gasteiger partial charge in [0.25, 0.3) is 0 Å². The molecule has 1 amide bonds. The lowest BCUT2D eigenvalue weighted by Gasteiger charge is -2.09. The van der Waals surface area contributed by atoms with Crippen molar-refractivity contribution in [1.29, 1.82) is 0 Å². The maximum absolute atomic E-state index is 11.1. The highest BCUT2D eigenvalue weighted by Crippen LogP contribution is 2.09. The van der Waals surface area contributed by atoms with E-state index in [4.69, 9.17) is 10.2 Å². The van der Waals surface area contributed by atoms with Gasteiger partial charge in [-0.3, -0.25) is 4.79 Å². The van der Waals surface area contributed by atoms with E-state index < -0.39 is 5.97 Å². The van der Waals surface area contributed by atoms with Gasteiger partial charge in [0.1, 0.15) is 5.76 Å². The van der Waals surface area contributed by atoms with Crippen LogP contribution in [0, 0.1) is 0 Å². The molecule has 1 rings (SSSR count). The van der Waals surface area contributed by atoms with Gasteiger partial charge in [0.2, 0.25) is 11.7 Å². The molecule has 94 valence electrons. The van der Waals surface area contributed by atoms with Crippen molar-refractivity contribution < 1.29 is 18.7 Å². The molecule has 0 aliphatic rings. The smallest absolute Gasteiger partial charge is 0.373 e. The summed E-state index contributed by atoms with van der Waals surface area (Å²) in [5.41, 5.74) is 5.06. The van der Waals surface area contributed by atoms with Gasteiger partial charge in [0.05, 0.1) is 13.7 Å². The Balaban J connectivity index is 2.44. The largest absolute Gasteiger partial charge is 0.463 e. The van der Waals surface area contributed by atoms with Crippen LogP contribution in [-0.2, 0) is 16.1 Å². The molecule has 1 aromatic rings. The third-order valence-corrected chi connectivity index (χ3v) is 2.18. The average molecular weight is 240 g/mol. The highest BCUT2D eigenvalue weighted by molar-refractivity contribution is 5.86. The fourth-order valence-corrected chi connectivity index (χ4v) is 1.33. The molecule has 0 spiro atoms. The highest BCUT2D eigenvalue weighted by Gasteiger charge is 2.12. The number of hydrogen-bond donors (Lipinski definition) is 2. The quantitative estimate of drug-likeness (QED) is 0.703. The molecule has 1 unspecified atom stereocenters. The number of rotatable bonds is 6. The molecule has 1 heterocycles. The van der Waals surface area contributed by atoms with Crippen molar-refractivity contribution in [1.82, 2.24) is 5.32 Å². The summed E-state index contributed by atoms with van der Waals surface area (Å²) in [6, 6.07) is 3.18. The molecule has 6 heteroatoms. The predicted molar refractivity (Wildman–Crippen MR) is 60.2 cm³/mol. The van der Waals surface area contributed by atoms with Gasteiger partial charge in [-0.1, -0.05) is 0 Å². The first-order valence-electron chi connectivity index (χ1n) is 5.21. The number of ether oxygens (including phenoxy) is 1. The Kier molecular flexibility index (Phi) is 4.71. The zero-order chi connectivity index (χ0) is 12.8. The number of esters is 1. The normalized spacial score (nSPS) is 12.1. The Bertz CT molecular complexity index is 400. The van der Waals surface area contributed by atoms with E-state index in [0.29, 0.717) is 12.3 Å². The van der Waals surface area contributed by atoms with Crippen molar-refractivity contribution in [2.75, 3.05) is 7.11 Å². The van der Waals surface area contributed by atoms with Crippen molar-refractivity contribution in [3.05, 3.63) is 23.7 Å². The fraction of sp³-hybridized carbons (Fsp3) is 0.455. The van der Waals surface area contributed by atoms with Crippen LogP contribution in [0.4, 0.5) is 0 Å². The molecule has 0 aliphatic heterocycles. The van der Waals surface area contributed by atoms with Crippen LogP contribution in [0.5, 0.6) is 0 Å². The standard InChI is InChI=1S/C11H16N2O4/c1-7(5-10(12)14)13-6-8-3-4-9(17-8)11(15)16-2/h3-4,7,13H,5-6H2,1-2H3,(H2,12,14). The number of methoxy groups -OCH3 is 1. The van der Waals surface area contributed by atoms with Gasteiger partial charge in [-0.2, -0.15) is 0 Å². The molecule has 1 aromatic heterocycles. The summed E-state index contributed by atoms with van der Waals surface area (Å²) in [7, 11) is 1.29. The van der Waals surface area contributed by atoms with E-state index in [1.165, 1.54) is 7.11 Å². The van der Waals surface area contributed by atoms with Gasteiger partial charge in [-0.15, -0.1) is 0 Å². The second-order valence-corrected chi connectivity index (χ2v) is 3.71. The molecule has 0 radical (unpaired) electrons. The number of carbonyl (C=O) groups is 2. The van der Waals surface area contributed by atoms with E-state index in [-0.39, 0.29) is 24.1 Å². The monoisotopic (exact) mass is 240 g/mol. The molecule has 0 fully saturated rings. The van der Waals surface area contributed by atoms with Gasteiger partial charge < -0.3 is 20.2 Å². The summed E-state index contributed by atoms with van der Waals surface area (Å²) in [6.45, 7) is 2.26. The van der Waals surface area contributed by atoms with E-state index >= 15 is 0 Å². The molecule has 3 N–H and O–H groups in total. The molecule has 0 aliphatic carbocycles. The van der Waals surface area contributed by atoms with Crippen LogP contribution in [0.25, 0.3) is 0 Å². The minimum absolute atomic E-state index is 0.0424. The van der Waals surface area contributed by atoms with Crippen molar-refractivity contribution in [2.45, 2.75) is 25.9 Å². The third-order valence-electron chi connectivity index (χ3n) is 2.18. The summed E-state index contributed by atoms with van der Waals surface area (Å²) >= 11 is 0. The predicted octanol–water partition coefficient (Wildman–Crippen LogP) is 0.420. The lowest BCUT2D eigenvalue weighted by atomic mass is 10.2. The average Bonchev–Trinajstić information content (AvgIpc) is 2.73. The summed E-state index contributed by atoms with van der Waals surface area (Å²) in [5.74, 6) is -0.116. The topological polar surface area (TPSA) is 94.6 Å². The molecule has 1 atom stereocenters. The second-order valence-electron chi connectivity index (χ2n) is 3.71. The summed E-state index contributed by atoms with van der Waals surface area (Å²) in [6.07, 6.45) is 0.255. The SMILES string of the molecule is COC(=O)c1ccc(CNC(C)CC(N)=O)o1. The Labute approximate surface area is 99.1 Å². The van der Waals surface area contributed by atoms with E-state index in [1.54, 1.807) is 12.1 Å². The second kappa shape index (κ2) is 6.05. The van der Waals surface area contributed by atoms with Gasteiger partial charge in [-0.05, 0) is 19.1 Å². The number of nitrogens with two attached hydrogens (primary N) is 1. The Morgan fingerprint density at radius 2 is 2.24 bits per heavy atom. The van der Waals surface area contributed by atoms with Crippen LogP contribution in [0.3, 0.4) is 0 Å². The van der Waals surface area contributed by atoms with E-state index in [9.17, 15) is 9.59 Å².